The first-order chi connectivity index (χ1) is 22.1. The summed E-state index contributed by atoms with van der Waals surface area (Å²) in [6.45, 7) is 4.30. The Morgan fingerprint density at radius 3 is 2.48 bits per heavy atom. The van der Waals surface area contributed by atoms with Gasteiger partial charge in [0.05, 0.1) is 28.4 Å². The number of anilines is 2. The molecule has 4 aromatic rings. The molecule has 2 atom stereocenters. The molecule has 10 nitrogen and oxygen atoms in total. The van der Waals surface area contributed by atoms with Crippen molar-refractivity contribution in [1.29, 1.82) is 0 Å². The topological polar surface area (TPSA) is 147 Å². The van der Waals surface area contributed by atoms with E-state index < -0.39 is 22.2 Å². The lowest BCUT2D eigenvalue weighted by Gasteiger charge is -2.20. The number of carbonyl (C=O) groups excluding carboxylic acids is 1. The van der Waals surface area contributed by atoms with Gasteiger partial charge in [-0.1, -0.05) is 56.3 Å². The number of ether oxygens (including phenoxy) is 1. The number of nitrogens with zero attached hydrogens (tertiary/aromatic N) is 1. The number of thiocarbonyl (C=S) groups is 1. The maximum Gasteiger partial charge on any atom is 0.407 e. The molecule has 6 rings (SSSR count). The maximum absolute atomic E-state index is 13.8. The number of rotatable bonds is 10. The molecule has 1 fully saturated rings. The van der Waals surface area contributed by atoms with Crippen LogP contribution in [-0.2, 0) is 21.4 Å². The number of nitrogen functional groups attached to an aromatic ring is 1. The molecule has 0 radical (unpaired) electrons. The Morgan fingerprint density at radius 2 is 1.76 bits per heavy atom. The second-order valence-corrected chi connectivity index (χ2v) is 14.4. The zero-order valence-electron chi connectivity index (χ0n) is 25.7. The fraction of sp³-hybridized carbons (Fsp3) is 0.324. The van der Waals surface area contributed by atoms with Crippen LogP contribution in [0.1, 0.15) is 73.5 Å². The lowest BCUT2D eigenvalue weighted by molar-refractivity contribution is 0.135. The van der Waals surface area contributed by atoms with Crippen LogP contribution in [0.25, 0.3) is 10.8 Å². The molecule has 2 aliphatic carbocycles. The minimum Gasteiger partial charge on any atom is -0.445 e. The summed E-state index contributed by atoms with van der Waals surface area (Å²) in [5, 5.41) is 11.2. The molecule has 1 heterocycles. The molecule has 1 saturated carbocycles. The third kappa shape index (κ3) is 7.09. The first-order valence-corrected chi connectivity index (χ1v) is 17.3. The van der Waals surface area contributed by atoms with Gasteiger partial charge in [0, 0.05) is 35.1 Å². The number of hydrogen-bond donors (Lipinski definition) is 5. The summed E-state index contributed by atoms with van der Waals surface area (Å²) < 4.78 is 36.0. The number of sulfonamides is 1. The number of benzene rings is 3. The van der Waals surface area contributed by atoms with Crippen molar-refractivity contribution in [1.82, 2.24) is 20.3 Å². The maximum atomic E-state index is 13.8. The van der Waals surface area contributed by atoms with Crippen LogP contribution in [-0.4, -0.2) is 31.2 Å². The summed E-state index contributed by atoms with van der Waals surface area (Å²) in [6, 6.07) is 19.4. The van der Waals surface area contributed by atoms with Gasteiger partial charge < -0.3 is 26.4 Å². The van der Waals surface area contributed by atoms with E-state index in [0.29, 0.717) is 51.7 Å². The third-order valence-electron chi connectivity index (χ3n) is 8.26. The zero-order valence-corrected chi connectivity index (χ0v) is 27.4. The van der Waals surface area contributed by atoms with Crippen molar-refractivity contribution >= 4 is 55.6 Å². The zero-order chi connectivity index (χ0) is 32.4. The Bertz CT molecular complexity index is 1880. The first kappa shape index (κ1) is 31.7. The molecule has 3 aromatic carbocycles. The van der Waals surface area contributed by atoms with Crippen LogP contribution in [0.2, 0.25) is 0 Å². The second kappa shape index (κ2) is 13.2. The number of alkyl carbamates (subject to hydrolysis) is 1. The number of nitrogens with one attached hydrogen (secondary N) is 4. The standard InChI is InChI=1S/C34H38N6O4S2/c1-20(2)17-37-46(42,43)31-15-24-29(40-34(41)44-19-21-8-4-3-5-9-21)16-30(39-33(45)38-27-11-7-6-10-26(27)35)32(24)25-18-36-28(14-23(25)31)22-12-13-22/h3-11,14-15,18,20,22,29-30,37H,12-13,16-17,19,35H2,1-2H3,(H,40,41)(H2,38,39,45)/t29-,30-/m1/s1. The van der Waals surface area contributed by atoms with E-state index in [1.54, 1.807) is 18.3 Å². The van der Waals surface area contributed by atoms with E-state index >= 15 is 0 Å². The van der Waals surface area contributed by atoms with Gasteiger partial charge in [0.2, 0.25) is 10.0 Å². The molecule has 0 bridgehead atoms. The predicted octanol–water partition coefficient (Wildman–Crippen LogP) is 6.03. The second-order valence-electron chi connectivity index (χ2n) is 12.3. The van der Waals surface area contributed by atoms with Gasteiger partial charge in [-0.15, -0.1) is 0 Å². The SMILES string of the molecule is CC(C)CNS(=O)(=O)c1cc2c(c3cnc(C4CC4)cc13)[C@H](NC(=S)Nc1ccccc1N)C[C@H]2NC(=O)OCc1ccccc1. The molecular weight excluding hydrogens is 621 g/mol. The van der Waals surface area contributed by atoms with Crippen molar-refractivity contribution in [2.24, 2.45) is 5.92 Å². The van der Waals surface area contributed by atoms with E-state index in [1.807, 2.05) is 68.4 Å². The Hall–Kier alpha value is -4.26. The smallest absolute Gasteiger partial charge is 0.407 e. The van der Waals surface area contributed by atoms with Crippen LogP contribution in [0.15, 0.2) is 77.8 Å². The third-order valence-corrected chi connectivity index (χ3v) is 9.94. The van der Waals surface area contributed by atoms with E-state index in [4.69, 9.17) is 27.7 Å². The molecule has 0 spiro atoms. The van der Waals surface area contributed by atoms with Gasteiger partial charge in [0.25, 0.3) is 0 Å². The van der Waals surface area contributed by atoms with Crippen LogP contribution in [0.5, 0.6) is 0 Å². The first-order valence-electron chi connectivity index (χ1n) is 15.4. The number of fused-ring (bicyclic) bond motifs is 3. The molecular formula is C34H38N6O4S2. The van der Waals surface area contributed by atoms with Gasteiger partial charge >= 0.3 is 6.09 Å². The molecule has 1 amide bonds. The summed E-state index contributed by atoms with van der Waals surface area (Å²) in [5.41, 5.74) is 10.6. The summed E-state index contributed by atoms with van der Waals surface area (Å²) in [6.07, 6.45) is 3.61. The molecule has 2 aliphatic rings. The van der Waals surface area contributed by atoms with Crippen molar-refractivity contribution in [2.45, 2.75) is 62.6 Å². The van der Waals surface area contributed by atoms with E-state index in [0.717, 1.165) is 29.7 Å². The average Bonchev–Trinajstić information content (AvgIpc) is 3.83. The van der Waals surface area contributed by atoms with Crippen molar-refractivity contribution in [3.63, 3.8) is 0 Å². The molecule has 46 heavy (non-hydrogen) atoms. The summed E-state index contributed by atoms with van der Waals surface area (Å²) in [5.74, 6) is 0.446. The Morgan fingerprint density at radius 1 is 1.02 bits per heavy atom. The van der Waals surface area contributed by atoms with Crippen LogP contribution in [0, 0.1) is 5.92 Å². The molecule has 0 saturated heterocycles. The molecule has 0 aliphatic heterocycles. The van der Waals surface area contributed by atoms with Crippen molar-refractivity contribution in [2.75, 3.05) is 17.6 Å². The number of pyridine rings is 1. The lowest BCUT2D eigenvalue weighted by Crippen LogP contribution is -2.33. The Balaban J connectivity index is 1.38. The van der Waals surface area contributed by atoms with Gasteiger partial charge in [-0.05, 0) is 78.4 Å². The van der Waals surface area contributed by atoms with E-state index in [1.165, 1.54) is 0 Å². The summed E-state index contributed by atoms with van der Waals surface area (Å²) >= 11 is 5.70. The van der Waals surface area contributed by atoms with Crippen molar-refractivity contribution in [3.05, 3.63) is 95.3 Å². The molecule has 0 unspecified atom stereocenters. The van der Waals surface area contributed by atoms with E-state index in [-0.39, 0.29) is 23.5 Å². The largest absolute Gasteiger partial charge is 0.445 e. The number of aromatic nitrogens is 1. The van der Waals surface area contributed by atoms with Crippen LogP contribution in [0.4, 0.5) is 16.2 Å². The van der Waals surface area contributed by atoms with E-state index in [2.05, 4.69) is 20.7 Å². The summed E-state index contributed by atoms with van der Waals surface area (Å²) in [7, 11) is -3.90. The highest BCUT2D eigenvalue weighted by molar-refractivity contribution is 7.89. The van der Waals surface area contributed by atoms with Gasteiger partial charge in [-0.25, -0.2) is 17.9 Å². The Kier molecular flexibility index (Phi) is 9.12. The summed E-state index contributed by atoms with van der Waals surface area (Å²) in [4.78, 5) is 18.0. The van der Waals surface area contributed by atoms with Gasteiger partial charge in [0.15, 0.2) is 5.11 Å². The average molecular weight is 659 g/mol. The van der Waals surface area contributed by atoms with Crippen molar-refractivity contribution < 1.29 is 17.9 Å². The van der Waals surface area contributed by atoms with Crippen LogP contribution < -0.4 is 26.4 Å². The highest BCUT2D eigenvalue weighted by Gasteiger charge is 2.37. The fourth-order valence-corrected chi connectivity index (χ4v) is 7.48. The van der Waals surface area contributed by atoms with Gasteiger partial charge in [-0.2, -0.15) is 0 Å². The van der Waals surface area contributed by atoms with Crippen LogP contribution >= 0.6 is 12.2 Å². The number of para-hydroxylation sites is 2. The number of hydrogen-bond acceptors (Lipinski definition) is 7. The molecule has 12 heteroatoms. The molecule has 1 aromatic heterocycles. The molecule has 240 valence electrons. The lowest BCUT2D eigenvalue weighted by atomic mass is 9.98. The molecule has 6 N–H and O–H groups in total. The van der Waals surface area contributed by atoms with Crippen molar-refractivity contribution in [3.8, 4) is 0 Å². The van der Waals surface area contributed by atoms with Gasteiger partial charge in [-0.3, -0.25) is 4.98 Å². The highest BCUT2D eigenvalue weighted by Crippen LogP contribution is 2.47. The fourth-order valence-electron chi connectivity index (χ4n) is 5.78. The normalized spacial score (nSPS) is 17.5. The number of nitrogens with two attached hydrogens (primary N) is 1. The Labute approximate surface area is 274 Å². The van der Waals surface area contributed by atoms with E-state index in [9.17, 15) is 13.2 Å². The highest BCUT2D eigenvalue weighted by atomic mass is 32.2. The minimum atomic E-state index is -3.90. The minimum absolute atomic E-state index is 0.102. The number of carbonyl (C=O) groups is 1. The quantitative estimate of drug-likeness (QED) is 0.102. The predicted molar refractivity (Wildman–Crippen MR) is 184 cm³/mol. The number of amides is 1. The van der Waals surface area contributed by atoms with Crippen LogP contribution in [0.3, 0.4) is 0 Å². The van der Waals surface area contributed by atoms with Gasteiger partial charge in [0.1, 0.15) is 6.61 Å². The monoisotopic (exact) mass is 658 g/mol.